The molecular weight excluding hydrogens is 250 g/mol. The van der Waals surface area contributed by atoms with Gasteiger partial charge in [0, 0.05) is 29.3 Å². The summed E-state index contributed by atoms with van der Waals surface area (Å²) in [5, 5.41) is 3.00. The van der Waals surface area contributed by atoms with Crippen molar-refractivity contribution in [2.75, 3.05) is 7.11 Å². The molecule has 1 fully saturated rings. The minimum absolute atomic E-state index is 0.0864. The van der Waals surface area contributed by atoms with Gasteiger partial charge >= 0.3 is 0 Å². The zero-order chi connectivity index (χ0) is 13.3. The maximum absolute atomic E-state index is 11.6. The fourth-order valence-corrected chi connectivity index (χ4v) is 2.74. The van der Waals surface area contributed by atoms with Crippen molar-refractivity contribution in [3.8, 4) is 5.75 Å². The predicted octanol–water partition coefficient (Wildman–Crippen LogP) is 2.82. The molecule has 3 nitrogen and oxygen atoms in total. The highest BCUT2D eigenvalue weighted by molar-refractivity contribution is 6.17. The number of carbonyl (C=O) groups is 1. The minimum Gasteiger partial charge on any atom is -0.496 e. The van der Waals surface area contributed by atoms with Crippen LogP contribution in [0.2, 0.25) is 0 Å². The van der Waals surface area contributed by atoms with Gasteiger partial charge in [0.15, 0.2) is 0 Å². The number of ether oxygens (including phenoxy) is 1. The average molecular weight is 268 g/mol. The minimum atomic E-state index is -0.255. The third-order valence-electron chi connectivity index (χ3n) is 3.55. The van der Waals surface area contributed by atoms with Crippen molar-refractivity contribution in [1.82, 2.24) is 5.32 Å². The second-order valence-corrected chi connectivity index (χ2v) is 5.50. The second kappa shape index (κ2) is 4.81. The Morgan fingerprint density at radius 1 is 1.50 bits per heavy atom. The summed E-state index contributed by atoms with van der Waals surface area (Å²) in [6.07, 6.45) is 0.495. The lowest BCUT2D eigenvalue weighted by molar-refractivity contribution is -0.119. The maximum Gasteiger partial charge on any atom is 0.221 e. The van der Waals surface area contributed by atoms with Gasteiger partial charge in [0.2, 0.25) is 5.91 Å². The summed E-state index contributed by atoms with van der Waals surface area (Å²) in [6, 6.07) is 5.91. The number of amides is 1. The van der Waals surface area contributed by atoms with E-state index in [1.165, 1.54) is 0 Å². The van der Waals surface area contributed by atoms with E-state index >= 15 is 0 Å². The monoisotopic (exact) mass is 267 g/mol. The Morgan fingerprint density at radius 3 is 2.72 bits per heavy atom. The molecule has 18 heavy (non-hydrogen) atoms. The maximum atomic E-state index is 11.6. The smallest absolute Gasteiger partial charge is 0.221 e. The van der Waals surface area contributed by atoms with Crippen molar-refractivity contribution in [2.24, 2.45) is 0 Å². The highest BCUT2D eigenvalue weighted by atomic mass is 35.5. The van der Waals surface area contributed by atoms with Gasteiger partial charge in [0.1, 0.15) is 5.75 Å². The summed E-state index contributed by atoms with van der Waals surface area (Å²) < 4.78 is 5.40. The molecule has 1 unspecified atom stereocenters. The Kier molecular flexibility index (Phi) is 3.53. The van der Waals surface area contributed by atoms with Gasteiger partial charge in [-0.25, -0.2) is 0 Å². The van der Waals surface area contributed by atoms with Crippen molar-refractivity contribution in [1.29, 1.82) is 0 Å². The number of halogens is 1. The van der Waals surface area contributed by atoms with Gasteiger partial charge in [-0.15, -0.1) is 11.6 Å². The van der Waals surface area contributed by atoms with E-state index in [0.717, 1.165) is 16.9 Å². The summed E-state index contributed by atoms with van der Waals surface area (Å²) in [4.78, 5) is 11.6. The molecule has 1 aromatic carbocycles. The highest BCUT2D eigenvalue weighted by Gasteiger charge is 2.41. The van der Waals surface area contributed by atoms with E-state index in [-0.39, 0.29) is 17.4 Å². The van der Waals surface area contributed by atoms with Crippen LogP contribution in [0.15, 0.2) is 18.2 Å². The molecule has 4 heteroatoms. The van der Waals surface area contributed by atoms with E-state index in [4.69, 9.17) is 16.3 Å². The lowest BCUT2D eigenvalue weighted by Crippen LogP contribution is -2.38. The Morgan fingerprint density at radius 2 is 2.22 bits per heavy atom. The van der Waals surface area contributed by atoms with Crippen LogP contribution in [-0.4, -0.2) is 18.6 Å². The van der Waals surface area contributed by atoms with Crippen LogP contribution in [0.4, 0.5) is 0 Å². The lowest BCUT2D eigenvalue weighted by atomic mass is 9.82. The molecule has 1 atom stereocenters. The van der Waals surface area contributed by atoms with Crippen LogP contribution >= 0.6 is 11.6 Å². The van der Waals surface area contributed by atoms with Crippen LogP contribution < -0.4 is 10.1 Å². The fourth-order valence-electron chi connectivity index (χ4n) is 2.58. The molecule has 98 valence electrons. The molecule has 0 saturated carbocycles. The quantitative estimate of drug-likeness (QED) is 0.856. The largest absolute Gasteiger partial charge is 0.496 e. The summed E-state index contributed by atoms with van der Waals surface area (Å²) >= 11 is 5.88. The Labute approximate surface area is 112 Å². The van der Waals surface area contributed by atoms with Crippen molar-refractivity contribution >= 4 is 17.5 Å². The van der Waals surface area contributed by atoms with Gasteiger partial charge in [0.25, 0.3) is 0 Å². The summed E-state index contributed by atoms with van der Waals surface area (Å²) in [5.74, 6) is 1.48. The van der Waals surface area contributed by atoms with Crippen molar-refractivity contribution < 1.29 is 9.53 Å². The number of alkyl halides is 1. The molecule has 0 bridgehead atoms. The van der Waals surface area contributed by atoms with Gasteiger partial charge in [0.05, 0.1) is 7.11 Å². The van der Waals surface area contributed by atoms with Crippen LogP contribution in [0.3, 0.4) is 0 Å². The molecule has 0 radical (unpaired) electrons. The van der Waals surface area contributed by atoms with E-state index in [1.807, 2.05) is 32.0 Å². The average Bonchev–Trinajstić information content (AvgIpc) is 2.61. The molecule has 1 saturated heterocycles. The van der Waals surface area contributed by atoms with Crippen molar-refractivity contribution in [2.45, 2.75) is 37.6 Å². The normalized spacial score (nSPS) is 21.8. The lowest BCUT2D eigenvalue weighted by Gasteiger charge is -2.28. The Hall–Kier alpha value is -1.22. The molecule has 2 rings (SSSR count). The van der Waals surface area contributed by atoms with Gasteiger partial charge in [-0.3, -0.25) is 4.79 Å². The number of benzene rings is 1. The van der Waals surface area contributed by atoms with Crippen LogP contribution in [0, 0.1) is 0 Å². The van der Waals surface area contributed by atoms with Gasteiger partial charge in [-0.05, 0) is 25.5 Å². The van der Waals surface area contributed by atoms with Gasteiger partial charge < -0.3 is 10.1 Å². The molecular formula is C14H18ClNO2. The topological polar surface area (TPSA) is 38.3 Å². The number of methoxy groups -OCH3 is 1. The van der Waals surface area contributed by atoms with Gasteiger partial charge in [-0.2, -0.15) is 0 Å². The second-order valence-electron chi connectivity index (χ2n) is 5.24. The number of carbonyl (C=O) groups excluding carboxylic acids is 1. The third-order valence-corrected chi connectivity index (χ3v) is 3.85. The summed E-state index contributed by atoms with van der Waals surface area (Å²) in [6.45, 7) is 4.07. The summed E-state index contributed by atoms with van der Waals surface area (Å²) in [7, 11) is 1.65. The standard InChI is InChI=1S/C14H18ClNO2/c1-14(2)11(7-13(17)16-14)10-6-9(8-15)4-5-12(10)18-3/h4-6,11H,7-8H2,1-3H3,(H,16,17). The Balaban J connectivity index is 2.45. The van der Waals surface area contributed by atoms with Crippen LogP contribution in [0.1, 0.15) is 37.3 Å². The molecule has 1 aliphatic heterocycles. The number of hydrogen-bond acceptors (Lipinski definition) is 2. The molecule has 1 N–H and O–H groups in total. The molecule has 1 amide bonds. The first-order valence-electron chi connectivity index (χ1n) is 6.01. The molecule has 1 heterocycles. The molecule has 1 aliphatic rings. The number of nitrogens with one attached hydrogen (secondary N) is 1. The zero-order valence-corrected chi connectivity index (χ0v) is 11.7. The van der Waals surface area contributed by atoms with Crippen molar-refractivity contribution in [3.63, 3.8) is 0 Å². The van der Waals surface area contributed by atoms with Crippen LogP contribution in [-0.2, 0) is 10.7 Å². The van der Waals surface area contributed by atoms with Crippen molar-refractivity contribution in [3.05, 3.63) is 29.3 Å². The first kappa shape index (κ1) is 13.2. The number of hydrogen-bond donors (Lipinski definition) is 1. The molecule has 0 aromatic heterocycles. The molecule has 0 spiro atoms. The van der Waals surface area contributed by atoms with E-state index in [0.29, 0.717) is 12.3 Å². The fraction of sp³-hybridized carbons (Fsp3) is 0.500. The van der Waals surface area contributed by atoms with E-state index in [1.54, 1.807) is 7.11 Å². The first-order chi connectivity index (χ1) is 8.47. The predicted molar refractivity (Wildman–Crippen MR) is 72.1 cm³/mol. The number of rotatable bonds is 3. The zero-order valence-electron chi connectivity index (χ0n) is 10.9. The van der Waals surface area contributed by atoms with E-state index < -0.39 is 0 Å². The van der Waals surface area contributed by atoms with Gasteiger partial charge in [-0.1, -0.05) is 12.1 Å². The van der Waals surface area contributed by atoms with E-state index in [9.17, 15) is 4.79 Å². The van der Waals surface area contributed by atoms with Crippen LogP contribution in [0.5, 0.6) is 5.75 Å². The highest BCUT2D eigenvalue weighted by Crippen LogP contribution is 2.40. The first-order valence-corrected chi connectivity index (χ1v) is 6.55. The van der Waals surface area contributed by atoms with Crippen LogP contribution in [0.25, 0.3) is 0 Å². The van der Waals surface area contributed by atoms with E-state index in [2.05, 4.69) is 5.32 Å². The molecule has 1 aromatic rings. The Bertz CT molecular complexity index is 471. The third kappa shape index (κ3) is 2.32. The molecule has 0 aliphatic carbocycles. The summed E-state index contributed by atoms with van der Waals surface area (Å²) in [5.41, 5.74) is 1.84. The SMILES string of the molecule is COc1ccc(CCl)cc1C1CC(=O)NC1(C)C.